The summed E-state index contributed by atoms with van der Waals surface area (Å²) >= 11 is 0. The molecule has 2 rings (SSSR count). The predicted molar refractivity (Wildman–Crippen MR) is 69.7 cm³/mol. The van der Waals surface area contributed by atoms with Crippen LogP contribution in [0.4, 0.5) is 5.82 Å². The first kappa shape index (κ1) is 12.7. The Balaban J connectivity index is 1.97. The van der Waals surface area contributed by atoms with Crippen LogP contribution in [0, 0.1) is 0 Å². The van der Waals surface area contributed by atoms with Crippen molar-refractivity contribution in [2.45, 2.75) is 39.0 Å². The Hall–Kier alpha value is -1.71. The predicted octanol–water partition coefficient (Wildman–Crippen LogP) is 2.58. The summed E-state index contributed by atoms with van der Waals surface area (Å²) in [6.07, 6.45) is 7.24. The SMILES string of the molecule is CCCCCCCN1C(=O)C(=O)c2cccnc21. The van der Waals surface area contributed by atoms with Gasteiger partial charge in [-0.25, -0.2) is 4.98 Å². The fourth-order valence-corrected chi connectivity index (χ4v) is 2.20. The molecule has 1 aliphatic rings. The number of ketones is 1. The molecule has 0 aliphatic carbocycles. The number of hydrogen-bond donors (Lipinski definition) is 0. The fraction of sp³-hybridized carbons (Fsp3) is 0.500. The maximum absolute atomic E-state index is 11.8. The zero-order chi connectivity index (χ0) is 13.0. The molecule has 0 unspecified atom stereocenters. The molecule has 4 heteroatoms. The zero-order valence-corrected chi connectivity index (χ0v) is 10.7. The van der Waals surface area contributed by atoms with E-state index in [0.29, 0.717) is 17.9 Å². The number of carbonyl (C=O) groups excluding carboxylic acids is 2. The van der Waals surface area contributed by atoms with Gasteiger partial charge in [-0.3, -0.25) is 14.5 Å². The number of Topliss-reactive ketones (excluding diaryl/α,β-unsaturated/α-hetero) is 1. The van der Waals surface area contributed by atoms with E-state index in [1.165, 1.54) is 24.2 Å². The largest absolute Gasteiger partial charge is 0.300 e. The number of anilines is 1. The van der Waals surface area contributed by atoms with Crippen LogP contribution < -0.4 is 4.90 Å². The Labute approximate surface area is 107 Å². The van der Waals surface area contributed by atoms with Gasteiger partial charge < -0.3 is 0 Å². The number of rotatable bonds is 6. The van der Waals surface area contributed by atoms with E-state index in [1.54, 1.807) is 18.3 Å². The number of nitrogens with zero attached hydrogens (tertiary/aromatic N) is 2. The van der Waals surface area contributed by atoms with E-state index in [2.05, 4.69) is 11.9 Å². The van der Waals surface area contributed by atoms with Gasteiger partial charge in [0.1, 0.15) is 5.82 Å². The topological polar surface area (TPSA) is 50.3 Å². The average Bonchev–Trinajstić information content (AvgIpc) is 2.64. The number of fused-ring (bicyclic) bond motifs is 1. The van der Waals surface area contributed by atoms with Gasteiger partial charge in [-0.2, -0.15) is 0 Å². The molecule has 0 bridgehead atoms. The van der Waals surface area contributed by atoms with Crippen molar-refractivity contribution in [3.8, 4) is 0 Å². The standard InChI is InChI=1S/C14H18N2O2/c1-2-3-4-5-6-10-16-13-11(8-7-9-15-13)12(17)14(16)18/h7-9H,2-6,10H2,1H3. The first-order valence-electron chi connectivity index (χ1n) is 6.57. The van der Waals surface area contributed by atoms with Crippen LogP contribution in [-0.2, 0) is 4.79 Å². The van der Waals surface area contributed by atoms with Crippen LogP contribution in [0.1, 0.15) is 49.4 Å². The summed E-state index contributed by atoms with van der Waals surface area (Å²) in [5, 5.41) is 0. The molecule has 1 aromatic heterocycles. The lowest BCUT2D eigenvalue weighted by molar-refractivity contribution is -0.114. The maximum Gasteiger partial charge on any atom is 0.300 e. The van der Waals surface area contributed by atoms with E-state index < -0.39 is 11.7 Å². The first-order valence-corrected chi connectivity index (χ1v) is 6.57. The molecular formula is C14H18N2O2. The lowest BCUT2D eigenvalue weighted by Crippen LogP contribution is -2.31. The summed E-state index contributed by atoms with van der Waals surface area (Å²) in [5.74, 6) is -0.325. The van der Waals surface area contributed by atoms with Crippen LogP contribution in [0.3, 0.4) is 0 Å². The maximum atomic E-state index is 11.8. The number of unbranched alkanes of at least 4 members (excludes halogenated alkanes) is 4. The molecule has 1 amide bonds. The second-order valence-electron chi connectivity index (χ2n) is 4.57. The fourth-order valence-electron chi connectivity index (χ4n) is 2.20. The molecule has 0 spiro atoms. The highest BCUT2D eigenvalue weighted by atomic mass is 16.2. The van der Waals surface area contributed by atoms with Crippen LogP contribution in [-0.4, -0.2) is 23.2 Å². The second kappa shape index (κ2) is 5.76. The van der Waals surface area contributed by atoms with E-state index in [9.17, 15) is 9.59 Å². The van der Waals surface area contributed by atoms with Crippen molar-refractivity contribution in [1.29, 1.82) is 0 Å². The highest BCUT2D eigenvalue weighted by molar-refractivity contribution is 6.51. The number of amides is 1. The summed E-state index contributed by atoms with van der Waals surface area (Å²) in [6.45, 7) is 2.77. The van der Waals surface area contributed by atoms with Crippen LogP contribution in [0.2, 0.25) is 0 Å². The lowest BCUT2D eigenvalue weighted by Gasteiger charge is -2.14. The van der Waals surface area contributed by atoms with E-state index in [0.717, 1.165) is 12.8 Å². The van der Waals surface area contributed by atoms with Gasteiger partial charge in [0.2, 0.25) is 0 Å². The number of pyridine rings is 1. The minimum absolute atomic E-state index is 0.424. The smallest absolute Gasteiger partial charge is 0.289 e. The summed E-state index contributed by atoms with van der Waals surface area (Å²) < 4.78 is 0. The third kappa shape index (κ3) is 2.42. The molecule has 0 N–H and O–H groups in total. The Bertz CT molecular complexity index is 457. The van der Waals surface area contributed by atoms with E-state index in [1.807, 2.05) is 0 Å². The van der Waals surface area contributed by atoms with Crippen molar-refractivity contribution in [3.05, 3.63) is 23.9 Å². The van der Waals surface area contributed by atoms with Crippen LogP contribution in [0.15, 0.2) is 18.3 Å². The molecule has 1 aliphatic heterocycles. The van der Waals surface area contributed by atoms with Crippen molar-refractivity contribution in [2.24, 2.45) is 0 Å². The Morgan fingerprint density at radius 3 is 2.72 bits per heavy atom. The highest BCUT2D eigenvalue weighted by Gasteiger charge is 2.36. The van der Waals surface area contributed by atoms with E-state index in [4.69, 9.17) is 0 Å². The molecule has 0 saturated carbocycles. The Morgan fingerprint density at radius 2 is 1.94 bits per heavy atom. The highest BCUT2D eigenvalue weighted by Crippen LogP contribution is 2.26. The first-order chi connectivity index (χ1) is 8.75. The summed E-state index contributed by atoms with van der Waals surface area (Å²) in [7, 11) is 0. The molecule has 0 saturated heterocycles. The third-order valence-corrected chi connectivity index (χ3v) is 3.21. The zero-order valence-electron chi connectivity index (χ0n) is 10.7. The molecule has 96 valence electrons. The molecule has 0 fully saturated rings. The van der Waals surface area contributed by atoms with Gasteiger partial charge in [0.25, 0.3) is 5.78 Å². The number of aromatic nitrogens is 1. The number of hydrogen-bond acceptors (Lipinski definition) is 3. The van der Waals surface area contributed by atoms with Gasteiger partial charge in [-0.1, -0.05) is 32.6 Å². The van der Waals surface area contributed by atoms with Gasteiger partial charge in [-0.05, 0) is 18.6 Å². The Kier molecular flexibility index (Phi) is 4.07. The van der Waals surface area contributed by atoms with Crippen molar-refractivity contribution in [1.82, 2.24) is 4.98 Å². The Morgan fingerprint density at radius 1 is 1.17 bits per heavy atom. The minimum Gasteiger partial charge on any atom is -0.289 e. The third-order valence-electron chi connectivity index (χ3n) is 3.21. The van der Waals surface area contributed by atoms with Gasteiger partial charge in [0.05, 0.1) is 5.56 Å². The van der Waals surface area contributed by atoms with E-state index >= 15 is 0 Å². The summed E-state index contributed by atoms with van der Waals surface area (Å²) in [6, 6.07) is 3.36. The lowest BCUT2D eigenvalue weighted by atomic mass is 10.1. The van der Waals surface area contributed by atoms with Gasteiger partial charge in [-0.15, -0.1) is 0 Å². The van der Waals surface area contributed by atoms with Crippen LogP contribution in [0.5, 0.6) is 0 Å². The number of carbonyl (C=O) groups is 2. The molecule has 0 aromatic carbocycles. The van der Waals surface area contributed by atoms with Gasteiger partial charge >= 0.3 is 5.91 Å². The molecular weight excluding hydrogens is 228 g/mol. The van der Waals surface area contributed by atoms with Crippen molar-refractivity contribution < 1.29 is 9.59 Å². The molecule has 2 heterocycles. The molecule has 0 atom stereocenters. The van der Waals surface area contributed by atoms with Crippen molar-refractivity contribution in [2.75, 3.05) is 11.4 Å². The second-order valence-corrected chi connectivity index (χ2v) is 4.57. The molecule has 4 nitrogen and oxygen atoms in total. The quantitative estimate of drug-likeness (QED) is 0.572. The molecule has 1 aromatic rings. The van der Waals surface area contributed by atoms with Crippen molar-refractivity contribution in [3.63, 3.8) is 0 Å². The van der Waals surface area contributed by atoms with Crippen LogP contribution >= 0.6 is 0 Å². The average molecular weight is 246 g/mol. The van der Waals surface area contributed by atoms with E-state index in [-0.39, 0.29) is 0 Å². The minimum atomic E-state index is -0.431. The normalized spacial score (nSPS) is 14.2. The van der Waals surface area contributed by atoms with Gasteiger partial charge in [0, 0.05) is 12.7 Å². The van der Waals surface area contributed by atoms with Gasteiger partial charge in [0.15, 0.2) is 0 Å². The summed E-state index contributed by atoms with van der Waals surface area (Å²) in [5.41, 5.74) is 0.441. The summed E-state index contributed by atoms with van der Waals surface area (Å²) in [4.78, 5) is 29.2. The van der Waals surface area contributed by atoms with Crippen molar-refractivity contribution >= 4 is 17.5 Å². The molecule has 18 heavy (non-hydrogen) atoms. The molecule has 0 radical (unpaired) electrons. The monoisotopic (exact) mass is 246 g/mol. The van der Waals surface area contributed by atoms with Crippen LogP contribution in [0.25, 0.3) is 0 Å².